The highest BCUT2D eigenvalue weighted by Crippen LogP contribution is 2.28. The Kier molecular flexibility index (Phi) is 5.88. The Labute approximate surface area is 184 Å². The number of carboxylic acid groups (broad SMARTS) is 1. The normalized spacial score (nSPS) is 10.9. The number of aliphatic carboxylic acids is 1. The van der Waals surface area contributed by atoms with Crippen LogP contribution in [0.15, 0.2) is 78.9 Å². The average molecular weight is 437 g/mol. The van der Waals surface area contributed by atoms with E-state index in [1.54, 1.807) is 4.68 Å². The zero-order valence-electron chi connectivity index (χ0n) is 15.9. The Morgan fingerprint density at radius 3 is 2.30 bits per heavy atom. The van der Waals surface area contributed by atoms with E-state index in [4.69, 9.17) is 23.2 Å². The predicted octanol–water partition coefficient (Wildman–Crippen LogP) is 6.06. The van der Waals surface area contributed by atoms with Gasteiger partial charge in [-0.2, -0.15) is 5.10 Å². The van der Waals surface area contributed by atoms with Crippen LogP contribution in [-0.4, -0.2) is 20.9 Å². The fourth-order valence-corrected chi connectivity index (χ4v) is 3.87. The third-order valence-corrected chi connectivity index (χ3v) is 5.44. The number of carboxylic acids is 1. The first-order chi connectivity index (χ1) is 14.5. The van der Waals surface area contributed by atoms with E-state index in [0.717, 1.165) is 22.4 Å². The summed E-state index contributed by atoms with van der Waals surface area (Å²) in [5, 5.41) is 15.0. The number of nitrogens with zero attached hydrogens (tertiary/aromatic N) is 2. The maximum absolute atomic E-state index is 11.4. The molecule has 4 nitrogen and oxygen atoms in total. The van der Waals surface area contributed by atoms with Crippen LogP contribution in [0.5, 0.6) is 0 Å². The molecule has 6 heteroatoms. The van der Waals surface area contributed by atoms with Crippen LogP contribution in [0.3, 0.4) is 0 Å². The van der Waals surface area contributed by atoms with E-state index < -0.39 is 5.97 Å². The van der Waals surface area contributed by atoms with Gasteiger partial charge >= 0.3 is 5.97 Å². The molecular weight excluding hydrogens is 419 g/mol. The molecule has 1 N–H and O–H groups in total. The number of rotatable bonds is 6. The molecule has 1 aromatic heterocycles. The van der Waals surface area contributed by atoms with E-state index in [-0.39, 0.29) is 6.42 Å². The highest BCUT2D eigenvalue weighted by molar-refractivity contribution is 6.31. The maximum Gasteiger partial charge on any atom is 0.308 e. The highest BCUT2D eigenvalue weighted by Gasteiger charge is 2.20. The lowest BCUT2D eigenvalue weighted by Gasteiger charge is -2.06. The summed E-state index contributed by atoms with van der Waals surface area (Å²) in [6.45, 7) is 0. The van der Waals surface area contributed by atoms with Gasteiger partial charge in [-0.05, 0) is 41.0 Å². The minimum atomic E-state index is -0.943. The molecule has 0 fully saturated rings. The fraction of sp³-hybridized carbons (Fsp3) is 0.0833. The van der Waals surface area contributed by atoms with Crippen molar-refractivity contribution in [3.63, 3.8) is 0 Å². The summed E-state index contributed by atoms with van der Waals surface area (Å²) in [5.74, 6) is -0.943. The smallest absolute Gasteiger partial charge is 0.308 e. The van der Waals surface area contributed by atoms with E-state index in [2.05, 4.69) is 5.10 Å². The molecule has 0 bridgehead atoms. The van der Waals surface area contributed by atoms with Crippen molar-refractivity contribution < 1.29 is 9.90 Å². The van der Waals surface area contributed by atoms with Crippen molar-refractivity contribution >= 4 is 29.2 Å². The van der Waals surface area contributed by atoms with E-state index in [0.29, 0.717) is 27.9 Å². The summed E-state index contributed by atoms with van der Waals surface area (Å²) in [5.41, 5.74) is 5.02. The molecule has 0 aliphatic rings. The quantitative estimate of drug-likeness (QED) is 0.399. The first kappa shape index (κ1) is 20.2. The Balaban J connectivity index is 1.70. The average Bonchev–Trinajstić information content (AvgIpc) is 3.04. The molecule has 1 heterocycles. The second kappa shape index (κ2) is 8.74. The topological polar surface area (TPSA) is 55.1 Å². The molecule has 0 saturated heterocycles. The van der Waals surface area contributed by atoms with Gasteiger partial charge in [-0.3, -0.25) is 4.79 Å². The highest BCUT2D eigenvalue weighted by atomic mass is 35.5. The van der Waals surface area contributed by atoms with E-state index >= 15 is 0 Å². The lowest BCUT2D eigenvalue weighted by molar-refractivity contribution is -0.136. The molecule has 150 valence electrons. The van der Waals surface area contributed by atoms with Gasteiger partial charge in [0.05, 0.1) is 17.8 Å². The maximum atomic E-state index is 11.4. The zero-order valence-corrected chi connectivity index (χ0v) is 17.4. The molecular formula is C24H18Cl2N2O2. The lowest BCUT2D eigenvalue weighted by Crippen LogP contribution is -2.03. The third-order valence-electron chi connectivity index (χ3n) is 4.82. The number of hydrogen-bond donors (Lipinski definition) is 1. The van der Waals surface area contributed by atoms with Gasteiger partial charge in [0, 0.05) is 17.0 Å². The van der Waals surface area contributed by atoms with Crippen LogP contribution >= 0.6 is 23.2 Å². The van der Waals surface area contributed by atoms with Crippen LogP contribution < -0.4 is 0 Å². The van der Waals surface area contributed by atoms with Crippen molar-refractivity contribution in [1.82, 2.24) is 9.78 Å². The molecule has 0 spiro atoms. The van der Waals surface area contributed by atoms with Crippen molar-refractivity contribution in [3.05, 3.63) is 106 Å². The van der Waals surface area contributed by atoms with Crippen molar-refractivity contribution in [3.8, 4) is 16.8 Å². The van der Waals surface area contributed by atoms with E-state index in [9.17, 15) is 9.90 Å². The molecule has 4 aromatic rings. The molecule has 0 aliphatic carbocycles. The second-order valence-electron chi connectivity index (χ2n) is 6.92. The molecule has 30 heavy (non-hydrogen) atoms. The van der Waals surface area contributed by atoms with Crippen molar-refractivity contribution in [2.45, 2.75) is 12.8 Å². The van der Waals surface area contributed by atoms with Crippen molar-refractivity contribution in [2.24, 2.45) is 0 Å². The Hall–Kier alpha value is -3.08. The summed E-state index contributed by atoms with van der Waals surface area (Å²) in [6, 6.07) is 25.2. The molecule has 0 radical (unpaired) electrons. The van der Waals surface area contributed by atoms with E-state index in [1.807, 2.05) is 78.9 Å². The Bertz CT molecular complexity index is 1190. The molecule has 0 amide bonds. The van der Waals surface area contributed by atoms with Crippen LogP contribution in [0.1, 0.15) is 16.8 Å². The number of halogens is 2. The number of aromatic nitrogens is 2. The van der Waals surface area contributed by atoms with Gasteiger partial charge in [-0.1, -0.05) is 77.8 Å². The minimum absolute atomic E-state index is 0.179. The Morgan fingerprint density at radius 1 is 0.900 bits per heavy atom. The van der Waals surface area contributed by atoms with Crippen LogP contribution in [0.25, 0.3) is 16.8 Å². The Morgan fingerprint density at radius 2 is 1.63 bits per heavy atom. The molecule has 3 aromatic carbocycles. The van der Waals surface area contributed by atoms with Crippen molar-refractivity contribution in [1.29, 1.82) is 0 Å². The number of hydrogen-bond acceptors (Lipinski definition) is 2. The van der Waals surface area contributed by atoms with Gasteiger partial charge in [0.1, 0.15) is 5.15 Å². The molecule has 0 aliphatic heterocycles. The summed E-state index contributed by atoms with van der Waals surface area (Å²) in [7, 11) is 0. The molecule has 0 saturated carbocycles. The predicted molar refractivity (Wildman–Crippen MR) is 120 cm³/mol. The fourth-order valence-electron chi connectivity index (χ4n) is 3.36. The first-order valence-electron chi connectivity index (χ1n) is 9.39. The molecule has 4 rings (SSSR count). The largest absolute Gasteiger partial charge is 0.481 e. The SMILES string of the molecule is O=C(O)Cc1c(Cc2ccccc2)nn(-c2ccc(-c3cccc(Cl)c3)cc2)c1Cl. The monoisotopic (exact) mass is 436 g/mol. The minimum Gasteiger partial charge on any atom is -0.481 e. The lowest BCUT2D eigenvalue weighted by atomic mass is 10.1. The number of carbonyl (C=O) groups is 1. The van der Waals surface area contributed by atoms with Crippen molar-refractivity contribution in [2.75, 3.05) is 0 Å². The van der Waals surface area contributed by atoms with Crippen LogP contribution in [0.2, 0.25) is 10.2 Å². The second-order valence-corrected chi connectivity index (χ2v) is 7.71. The molecule has 0 unspecified atom stereocenters. The third kappa shape index (κ3) is 4.40. The summed E-state index contributed by atoms with van der Waals surface area (Å²) in [6.07, 6.45) is 0.332. The van der Waals surface area contributed by atoms with Gasteiger partial charge in [-0.25, -0.2) is 4.68 Å². The van der Waals surface area contributed by atoms with Gasteiger partial charge in [0.25, 0.3) is 0 Å². The standard InChI is InChI=1S/C24H18Cl2N2O2/c25-19-8-4-7-18(14-19)17-9-11-20(12-10-17)28-24(26)21(15-23(29)30)22(27-28)13-16-5-2-1-3-6-16/h1-12,14H,13,15H2,(H,29,30). The van der Waals surface area contributed by atoms with Gasteiger partial charge in [0.15, 0.2) is 0 Å². The summed E-state index contributed by atoms with van der Waals surface area (Å²) < 4.78 is 1.60. The molecule has 0 atom stereocenters. The summed E-state index contributed by atoms with van der Waals surface area (Å²) in [4.78, 5) is 11.4. The van der Waals surface area contributed by atoms with Gasteiger partial charge in [0.2, 0.25) is 0 Å². The van der Waals surface area contributed by atoms with Crippen LogP contribution in [-0.2, 0) is 17.6 Å². The first-order valence-corrected chi connectivity index (χ1v) is 10.2. The van der Waals surface area contributed by atoms with Gasteiger partial charge in [-0.15, -0.1) is 0 Å². The summed E-state index contributed by atoms with van der Waals surface area (Å²) >= 11 is 12.7. The van der Waals surface area contributed by atoms with Crippen LogP contribution in [0, 0.1) is 0 Å². The zero-order chi connectivity index (χ0) is 21.1. The van der Waals surface area contributed by atoms with Gasteiger partial charge < -0.3 is 5.11 Å². The van der Waals surface area contributed by atoms with Crippen LogP contribution in [0.4, 0.5) is 0 Å². The van der Waals surface area contributed by atoms with E-state index in [1.165, 1.54) is 0 Å². The number of benzene rings is 3.